The van der Waals surface area contributed by atoms with Gasteiger partial charge >= 0.3 is 5.97 Å². The Kier molecular flexibility index (Phi) is 7.19. The number of carbonyl (C=O) groups is 1. The third-order valence-corrected chi connectivity index (χ3v) is 6.20. The molecule has 0 fully saturated rings. The van der Waals surface area contributed by atoms with E-state index >= 15 is 0 Å². The molecule has 182 valence electrons. The molecule has 0 amide bonds. The molecule has 0 aromatic heterocycles. The van der Waals surface area contributed by atoms with E-state index in [1.807, 2.05) is 49.4 Å². The van der Waals surface area contributed by atoms with Gasteiger partial charge in [-0.15, -0.1) is 0 Å². The van der Waals surface area contributed by atoms with E-state index in [9.17, 15) is 19.4 Å². The molecule has 6 nitrogen and oxygen atoms in total. The average Bonchev–Trinajstić information content (AvgIpc) is 2.87. The monoisotopic (exact) mass is 477 g/mol. The number of ether oxygens (including phenoxy) is 2. The lowest BCUT2D eigenvalue weighted by Gasteiger charge is -2.23. The lowest BCUT2D eigenvalue weighted by Crippen LogP contribution is -2.52. The van der Waals surface area contributed by atoms with Gasteiger partial charge in [-0.05, 0) is 65.9 Å². The Bertz CT molecular complexity index is 1270. The van der Waals surface area contributed by atoms with Crippen LogP contribution >= 0.6 is 0 Å². The van der Waals surface area contributed by atoms with Crippen molar-refractivity contribution in [3.05, 3.63) is 82.7 Å². The summed E-state index contributed by atoms with van der Waals surface area (Å²) in [7, 11) is 0. The van der Waals surface area contributed by atoms with Crippen molar-refractivity contribution in [3.8, 4) is 22.6 Å². The fourth-order valence-electron chi connectivity index (χ4n) is 3.86. The quantitative estimate of drug-likeness (QED) is 0.409. The molecule has 7 heteroatoms. The molecule has 1 aliphatic heterocycles. The lowest BCUT2D eigenvalue weighted by molar-refractivity contribution is -0.145. The number of hydrogen-bond donors (Lipinski definition) is 3. The van der Waals surface area contributed by atoms with Gasteiger partial charge in [0.2, 0.25) is 0 Å². The SMILES string of the molecule is Cc1c(/C=C/c2cc(CNC(C)(CO)C(=O)O)ccc2F)cccc1-c1ccc2c(c1)OCCO2. The topological polar surface area (TPSA) is 88.0 Å². The molecular weight excluding hydrogens is 449 g/mol. The summed E-state index contributed by atoms with van der Waals surface area (Å²) in [6, 6.07) is 16.4. The van der Waals surface area contributed by atoms with Crippen LogP contribution < -0.4 is 14.8 Å². The van der Waals surface area contributed by atoms with Gasteiger partial charge in [0.1, 0.15) is 24.6 Å². The zero-order valence-electron chi connectivity index (χ0n) is 19.7. The Hall–Kier alpha value is -3.68. The lowest BCUT2D eigenvalue weighted by atomic mass is 9.95. The molecule has 0 bridgehead atoms. The summed E-state index contributed by atoms with van der Waals surface area (Å²) in [6.45, 7) is 4.09. The summed E-state index contributed by atoms with van der Waals surface area (Å²) in [6.07, 6.45) is 3.57. The average molecular weight is 478 g/mol. The van der Waals surface area contributed by atoms with E-state index in [0.717, 1.165) is 33.8 Å². The fourth-order valence-corrected chi connectivity index (χ4v) is 3.86. The Morgan fingerprint density at radius 1 is 1.06 bits per heavy atom. The maximum Gasteiger partial charge on any atom is 0.326 e. The molecule has 0 saturated heterocycles. The Morgan fingerprint density at radius 3 is 2.54 bits per heavy atom. The first-order valence-corrected chi connectivity index (χ1v) is 11.4. The normalized spacial score (nSPS) is 14.6. The molecule has 0 spiro atoms. The Balaban J connectivity index is 1.56. The molecule has 4 rings (SSSR count). The van der Waals surface area contributed by atoms with Crippen LogP contribution in [0.15, 0.2) is 54.6 Å². The van der Waals surface area contributed by atoms with Gasteiger partial charge < -0.3 is 19.7 Å². The second-order valence-electron chi connectivity index (χ2n) is 8.72. The van der Waals surface area contributed by atoms with Crippen LogP contribution in [0.1, 0.15) is 29.2 Å². The molecule has 1 aliphatic rings. The van der Waals surface area contributed by atoms with Gasteiger partial charge in [0.15, 0.2) is 11.5 Å². The zero-order chi connectivity index (χ0) is 25.0. The second-order valence-corrected chi connectivity index (χ2v) is 8.72. The number of fused-ring (bicyclic) bond motifs is 1. The zero-order valence-corrected chi connectivity index (χ0v) is 19.7. The number of aliphatic carboxylic acids is 1. The van der Waals surface area contributed by atoms with Gasteiger partial charge in [0.25, 0.3) is 0 Å². The van der Waals surface area contributed by atoms with Crippen molar-refractivity contribution >= 4 is 18.1 Å². The van der Waals surface area contributed by atoms with Crippen LogP contribution in [0, 0.1) is 12.7 Å². The van der Waals surface area contributed by atoms with Crippen LogP contribution in [0.3, 0.4) is 0 Å². The van der Waals surface area contributed by atoms with Gasteiger partial charge in [-0.25, -0.2) is 4.39 Å². The van der Waals surface area contributed by atoms with E-state index in [-0.39, 0.29) is 12.4 Å². The third kappa shape index (κ3) is 5.37. The van der Waals surface area contributed by atoms with E-state index in [2.05, 4.69) is 5.32 Å². The number of benzene rings is 3. The minimum absolute atomic E-state index is 0.170. The van der Waals surface area contributed by atoms with Crippen molar-refractivity contribution in [2.75, 3.05) is 19.8 Å². The third-order valence-electron chi connectivity index (χ3n) is 6.20. The molecule has 1 atom stereocenters. The van der Waals surface area contributed by atoms with E-state index in [0.29, 0.717) is 24.3 Å². The van der Waals surface area contributed by atoms with Crippen LogP contribution in [-0.2, 0) is 11.3 Å². The number of rotatable bonds is 8. The fraction of sp³-hybridized carbons (Fsp3) is 0.250. The highest BCUT2D eigenvalue weighted by Gasteiger charge is 2.31. The molecule has 3 N–H and O–H groups in total. The largest absolute Gasteiger partial charge is 0.486 e. The summed E-state index contributed by atoms with van der Waals surface area (Å²) in [5.41, 5.74) is 3.64. The number of hydrogen-bond acceptors (Lipinski definition) is 5. The number of aliphatic hydroxyl groups is 1. The Labute approximate surface area is 203 Å². The summed E-state index contributed by atoms with van der Waals surface area (Å²) < 4.78 is 25.8. The van der Waals surface area contributed by atoms with Gasteiger partial charge in [-0.2, -0.15) is 0 Å². The van der Waals surface area contributed by atoms with Crippen molar-refractivity contribution in [1.82, 2.24) is 5.32 Å². The number of carboxylic acids is 1. The molecule has 0 aliphatic carbocycles. The summed E-state index contributed by atoms with van der Waals surface area (Å²) in [5.74, 6) is -0.0765. The van der Waals surface area contributed by atoms with Gasteiger partial charge in [-0.1, -0.05) is 42.5 Å². The van der Waals surface area contributed by atoms with Crippen molar-refractivity contribution in [2.24, 2.45) is 0 Å². The first-order valence-electron chi connectivity index (χ1n) is 11.4. The summed E-state index contributed by atoms with van der Waals surface area (Å²) in [4.78, 5) is 11.4. The van der Waals surface area contributed by atoms with Gasteiger partial charge in [0.05, 0.1) is 6.61 Å². The number of nitrogens with one attached hydrogen (secondary N) is 1. The summed E-state index contributed by atoms with van der Waals surface area (Å²) >= 11 is 0. The standard InChI is InChI=1S/C28H28FNO5/c1-18-20(4-3-5-23(18)21-9-11-25-26(15-21)35-13-12-34-25)7-8-22-14-19(6-10-24(22)29)16-30-28(2,17-31)27(32)33/h3-11,14-15,30-31H,12-13,16-17H2,1-2H3,(H,32,33)/b8-7+. The molecule has 3 aromatic rings. The van der Waals surface area contributed by atoms with Gasteiger partial charge in [0, 0.05) is 12.1 Å². The molecule has 3 aromatic carbocycles. The van der Waals surface area contributed by atoms with E-state index in [4.69, 9.17) is 9.47 Å². The number of aliphatic hydroxyl groups excluding tert-OH is 1. The molecular formula is C28H28FNO5. The maximum atomic E-state index is 14.5. The van der Waals surface area contributed by atoms with E-state index in [1.54, 1.807) is 18.2 Å². The molecule has 0 radical (unpaired) electrons. The highest BCUT2D eigenvalue weighted by Crippen LogP contribution is 2.36. The van der Waals surface area contributed by atoms with Crippen LogP contribution in [0.25, 0.3) is 23.3 Å². The van der Waals surface area contributed by atoms with Gasteiger partial charge in [-0.3, -0.25) is 10.1 Å². The highest BCUT2D eigenvalue weighted by molar-refractivity contribution is 5.79. The predicted molar refractivity (Wildman–Crippen MR) is 133 cm³/mol. The minimum atomic E-state index is -1.48. The van der Waals surface area contributed by atoms with Crippen molar-refractivity contribution in [3.63, 3.8) is 0 Å². The predicted octanol–water partition coefficient (Wildman–Crippen LogP) is 4.67. The molecule has 35 heavy (non-hydrogen) atoms. The first kappa shape index (κ1) is 24.4. The van der Waals surface area contributed by atoms with Crippen molar-refractivity contribution in [2.45, 2.75) is 25.9 Å². The van der Waals surface area contributed by atoms with Crippen LogP contribution in [-0.4, -0.2) is 41.5 Å². The smallest absolute Gasteiger partial charge is 0.326 e. The maximum absolute atomic E-state index is 14.5. The van der Waals surface area contributed by atoms with E-state index < -0.39 is 18.1 Å². The van der Waals surface area contributed by atoms with Crippen molar-refractivity contribution < 1.29 is 28.9 Å². The van der Waals surface area contributed by atoms with Crippen molar-refractivity contribution in [1.29, 1.82) is 0 Å². The minimum Gasteiger partial charge on any atom is -0.486 e. The highest BCUT2D eigenvalue weighted by atomic mass is 19.1. The number of halogens is 1. The molecule has 1 unspecified atom stereocenters. The van der Waals surface area contributed by atoms with Crippen LogP contribution in [0.2, 0.25) is 0 Å². The van der Waals surface area contributed by atoms with E-state index in [1.165, 1.54) is 13.0 Å². The van der Waals surface area contributed by atoms with Crippen LogP contribution in [0.4, 0.5) is 4.39 Å². The molecule has 1 heterocycles. The molecule has 0 saturated carbocycles. The van der Waals surface area contributed by atoms with Crippen LogP contribution in [0.5, 0.6) is 11.5 Å². The second kappa shape index (κ2) is 10.3. The number of carboxylic acid groups (broad SMARTS) is 1. The first-order chi connectivity index (χ1) is 16.8. The summed E-state index contributed by atoms with van der Waals surface area (Å²) in [5, 5.41) is 21.5. The Morgan fingerprint density at radius 2 is 1.80 bits per heavy atom.